The highest BCUT2D eigenvalue weighted by Gasteiger charge is 2.09. The number of carbonyl (C=O) groups is 1. The molecule has 16 heavy (non-hydrogen) atoms. The maximum Gasteiger partial charge on any atom is 0.223 e. The number of hydrogen-bond acceptors (Lipinski definition) is 4. The van der Waals surface area contributed by atoms with E-state index in [4.69, 9.17) is 0 Å². The van der Waals surface area contributed by atoms with Gasteiger partial charge in [-0.15, -0.1) is 11.3 Å². The van der Waals surface area contributed by atoms with Crippen molar-refractivity contribution >= 4 is 17.2 Å². The van der Waals surface area contributed by atoms with Gasteiger partial charge in [0.15, 0.2) is 0 Å². The van der Waals surface area contributed by atoms with E-state index in [-0.39, 0.29) is 11.9 Å². The van der Waals surface area contributed by atoms with Crippen molar-refractivity contribution in [3.63, 3.8) is 0 Å². The highest BCUT2D eigenvalue weighted by molar-refractivity contribution is 7.11. The van der Waals surface area contributed by atoms with E-state index in [0.717, 1.165) is 5.01 Å². The molecule has 0 saturated heterocycles. The van der Waals surface area contributed by atoms with Gasteiger partial charge in [0, 0.05) is 38.1 Å². The topological polar surface area (TPSA) is 45.2 Å². The lowest BCUT2D eigenvalue weighted by molar-refractivity contribution is -0.128. The van der Waals surface area contributed by atoms with Gasteiger partial charge in [0.1, 0.15) is 5.01 Å². The fraction of sp³-hybridized carbons (Fsp3) is 0.636. The molecule has 1 rings (SSSR count). The van der Waals surface area contributed by atoms with Crippen LogP contribution in [-0.2, 0) is 4.79 Å². The van der Waals surface area contributed by atoms with E-state index < -0.39 is 0 Å². The van der Waals surface area contributed by atoms with Crippen LogP contribution < -0.4 is 5.32 Å². The Hall–Kier alpha value is -0.940. The van der Waals surface area contributed by atoms with Crippen LogP contribution >= 0.6 is 11.3 Å². The third-order valence-electron chi connectivity index (χ3n) is 2.30. The molecule has 1 aromatic rings. The van der Waals surface area contributed by atoms with Crippen molar-refractivity contribution in [1.82, 2.24) is 15.2 Å². The van der Waals surface area contributed by atoms with E-state index in [1.807, 2.05) is 13.1 Å². The SMILES string of the molecule is Cc1cnc(C(C)NCCC(=O)N(C)C)s1. The van der Waals surface area contributed by atoms with Gasteiger partial charge in [-0.1, -0.05) is 0 Å². The van der Waals surface area contributed by atoms with Crippen LogP contribution in [0.4, 0.5) is 0 Å². The normalized spacial score (nSPS) is 12.5. The average Bonchev–Trinajstić information content (AvgIpc) is 2.64. The van der Waals surface area contributed by atoms with E-state index in [1.165, 1.54) is 4.88 Å². The van der Waals surface area contributed by atoms with Crippen molar-refractivity contribution in [2.45, 2.75) is 26.3 Å². The number of aromatic nitrogens is 1. The van der Waals surface area contributed by atoms with Crippen molar-refractivity contribution in [2.75, 3.05) is 20.6 Å². The number of nitrogens with zero attached hydrogens (tertiary/aromatic N) is 2. The number of nitrogens with one attached hydrogen (secondary N) is 1. The highest BCUT2D eigenvalue weighted by Crippen LogP contribution is 2.18. The van der Waals surface area contributed by atoms with Gasteiger partial charge in [0.25, 0.3) is 0 Å². The Morgan fingerprint density at radius 1 is 1.62 bits per heavy atom. The number of thiazole rings is 1. The van der Waals surface area contributed by atoms with Crippen LogP contribution in [0.25, 0.3) is 0 Å². The van der Waals surface area contributed by atoms with Crippen molar-refractivity contribution in [2.24, 2.45) is 0 Å². The van der Waals surface area contributed by atoms with E-state index in [9.17, 15) is 4.79 Å². The molecule has 1 unspecified atom stereocenters. The quantitative estimate of drug-likeness (QED) is 0.851. The molecule has 1 heterocycles. The zero-order chi connectivity index (χ0) is 12.1. The first-order valence-corrected chi connectivity index (χ1v) is 6.18. The molecule has 0 bridgehead atoms. The Morgan fingerprint density at radius 2 is 2.31 bits per heavy atom. The average molecular weight is 241 g/mol. The second-order valence-corrected chi connectivity index (χ2v) is 5.29. The molecule has 5 heteroatoms. The molecule has 0 saturated carbocycles. The molecule has 4 nitrogen and oxygen atoms in total. The van der Waals surface area contributed by atoms with Gasteiger partial charge in [-0.2, -0.15) is 0 Å². The number of carbonyl (C=O) groups excluding carboxylic acids is 1. The number of aryl methyl sites for hydroxylation is 1. The fourth-order valence-electron chi connectivity index (χ4n) is 1.28. The highest BCUT2D eigenvalue weighted by atomic mass is 32.1. The molecular formula is C11H19N3OS. The third-order valence-corrected chi connectivity index (χ3v) is 3.39. The molecular weight excluding hydrogens is 222 g/mol. The van der Waals surface area contributed by atoms with Crippen molar-refractivity contribution in [3.05, 3.63) is 16.1 Å². The summed E-state index contributed by atoms with van der Waals surface area (Å²) in [7, 11) is 3.55. The Morgan fingerprint density at radius 3 is 2.81 bits per heavy atom. The summed E-state index contributed by atoms with van der Waals surface area (Å²) in [5.74, 6) is 0.148. The summed E-state index contributed by atoms with van der Waals surface area (Å²) in [5.41, 5.74) is 0. The fourth-order valence-corrected chi connectivity index (χ4v) is 2.08. The van der Waals surface area contributed by atoms with Gasteiger partial charge in [0.05, 0.1) is 6.04 Å². The van der Waals surface area contributed by atoms with Crippen molar-refractivity contribution < 1.29 is 4.79 Å². The van der Waals surface area contributed by atoms with Crippen LogP contribution in [0.1, 0.15) is 29.3 Å². The molecule has 1 amide bonds. The zero-order valence-electron chi connectivity index (χ0n) is 10.3. The van der Waals surface area contributed by atoms with Gasteiger partial charge < -0.3 is 10.2 Å². The van der Waals surface area contributed by atoms with Gasteiger partial charge in [0.2, 0.25) is 5.91 Å². The van der Waals surface area contributed by atoms with Gasteiger partial charge in [-0.3, -0.25) is 4.79 Å². The molecule has 0 aliphatic carbocycles. The Balaban J connectivity index is 2.31. The van der Waals surface area contributed by atoms with E-state index in [0.29, 0.717) is 13.0 Å². The third kappa shape index (κ3) is 3.90. The second-order valence-electron chi connectivity index (χ2n) is 4.02. The van der Waals surface area contributed by atoms with E-state index in [1.54, 1.807) is 30.3 Å². The van der Waals surface area contributed by atoms with Crippen LogP contribution in [0.5, 0.6) is 0 Å². The first kappa shape index (κ1) is 13.1. The van der Waals surface area contributed by atoms with Gasteiger partial charge in [-0.05, 0) is 13.8 Å². The lowest BCUT2D eigenvalue weighted by Gasteiger charge is -2.13. The van der Waals surface area contributed by atoms with Gasteiger partial charge in [-0.25, -0.2) is 4.98 Å². The van der Waals surface area contributed by atoms with Crippen LogP contribution in [0.3, 0.4) is 0 Å². The predicted octanol–water partition coefficient (Wildman–Crippen LogP) is 1.58. The lowest BCUT2D eigenvalue weighted by atomic mass is 10.3. The van der Waals surface area contributed by atoms with E-state index >= 15 is 0 Å². The van der Waals surface area contributed by atoms with Gasteiger partial charge >= 0.3 is 0 Å². The van der Waals surface area contributed by atoms with Crippen LogP contribution in [0, 0.1) is 6.92 Å². The minimum absolute atomic E-state index is 0.148. The molecule has 1 aromatic heterocycles. The van der Waals surface area contributed by atoms with Crippen LogP contribution in [-0.4, -0.2) is 36.4 Å². The largest absolute Gasteiger partial charge is 0.349 e. The smallest absolute Gasteiger partial charge is 0.223 e. The van der Waals surface area contributed by atoms with Crippen molar-refractivity contribution in [3.8, 4) is 0 Å². The molecule has 90 valence electrons. The number of amides is 1. The molecule has 1 atom stereocenters. The van der Waals surface area contributed by atoms with Crippen molar-refractivity contribution in [1.29, 1.82) is 0 Å². The summed E-state index contributed by atoms with van der Waals surface area (Å²) >= 11 is 1.69. The Kier molecular flexibility index (Phi) is 4.89. The lowest BCUT2D eigenvalue weighted by Crippen LogP contribution is -2.28. The maximum absolute atomic E-state index is 11.3. The molecule has 0 fully saturated rings. The van der Waals surface area contributed by atoms with Crippen LogP contribution in [0.15, 0.2) is 6.20 Å². The minimum atomic E-state index is 0.148. The summed E-state index contributed by atoms with van der Waals surface area (Å²) < 4.78 is 0. The first-order chi connectivity index (χ1) is 7.50. The predicted molar refractivity (Wildman–Crippen MR) is 66.6 cm³/mol. The summed E-state index contributed by atoms with van der Waals surface area (Å²) in [6.45, 7) is 4.80. The summed E-state index contributed by atoms with van der Waals surface area (Å²) in [6, 6.07) is 0.216. The van der Waals surface area contributed by atoms with E-state index in [2.05, 4.69) is 17.2 Å². The molecule has 0 aromatic carbocycles. The zero-order valence-corrected chi connectivity index (χ0v) is 11.1. The second kappa shape index (κ2) is 5.96. The first-order valence-electron chi connectivity index (χ1n) is 5.36. The Bertz CT molecular complexity index is 349. The number of hydrogen-bond donors (Lipinski definition) is 1. The maximum atomic E-state index is 11.3. The molecule has 0 radical (unpaired) electrons. The standard InChI is InChI=1S/C11H19N3OS/c1-8-7-13-11(16-8)9(2)12-6-5-10(15)14(3)4/h7,9,12H,5-6H2,1-4H3. The monoisotopic (exact) mass is 241 g/mol. The summed E-state index contributed by atoms with van der Waals surface area (Å²) in [5, 5.41) is 4.38. The Labute approximate surface area is 101 Å². The molecule has 0 aliphatic heterocycles. The van der Waals surface area contributed by atoms with Crippen LogP contribution in [0.2, 0.25) is 0 Å². The summed E-state index contributed by atoms with van der Waals surface area (Å²) in [4.78, 5) is 18.5. The summed E-state index contributed by atoms with van der Waals surface area (Å²) in [6.07, 6.45) is 2.41. The minimum Gasteiger partial charge on any atom is -0.349 e. The molecule has 1 N–H and O–H groups in total. The molecule has 0 aliphatic rings. The molecule has 0 spiro atoms. The number of rotatable bonds is 5.